The van der Waals surface area contributed by atoms with E-state index in [0.717, 1.165) is 6.54 Å². The van der Waals surface area contributed by atoms with Crippen LogP contribution in [0.25, 0.3) is 0 Å². The molecule has 3 heteroatoms. The van der Waals surface area contributed by atoms with Gasteiger partial charge in [-0.3, -0.25) is 4.79 Å². The second kappa shape index (κ2) is 4.12. The van der Waals surface area contributed by atoms with Crippen LogP contribution in [0.2, 0.25) is 0 Å². The van der Waals surface area contributed by atoms with E-state index in [1.165, 1.54) is 5.57 Å². The van der Waals surface area contributed by atoms with Crippen LogP contribution < -0.4 is 10.6 Å². The van der Waals surface area contributed by atoms with E-state index in [0.29, 0.717) is 11.6 Å². The van der Waals surface area contributed by atoms with Gasteiger partial charge in [0.05, 0.1) is 0 Å². The lowest BCUT2D eigenvalue weighted by Gasteiger charge is -2.16. The quantitative estimate of drug-likeness (QED) is 0.660. The Bertz CT molecular complexity index is 264. The predicted octanol–water partition coefficient (Wildman–Crippen LogP) is 0.802. The molecule has 0 saturated heterocycles. The number of hydrogen-bond donors (Lipinski definition) is 2. The van der Waals surface area contributed by atoms with E-state index >= 15 is 0 Å². The lowest BCUT2D eigenvalue weighted by Crippen LogP contribution is -2.31. The van der Waals surface area contributed by atoms with Crippen molar-refractivity contribution in [3.05, 3.63) is 23.4 Å². The van der Waals surface area contributed by atoms with Gasteiger partial charge in [0.15, 0.2) is 0 Å². The van der Waals surface area contributed by atoms with Crippen molar-refractivity contribution in [3.8, 4) is 0 Å². The van der Waals surface area contributed by atoms with Gasteiger partial charge in [-0.05, 0) is 17.6 Å². The summed E-state index contributed by atoms with van der Waals surface area (Å²) in [5.74, 6) is 0.424. The molecule has 0 aromatic heterocycles. The largest absolute Gasteiger partial charge is 0.377 e. The number of dihydropyridines is 1. The molecule has 0 radical (unpaired) electrons. The van der Waals surface area contributed by atoms with Crippen molar-refractivity contribution in [3.63, 3.8) is 0 Å². The first-order valence-corrected chi connectivity index (χ1v) is 4.53. The van der Waals surface area contributed by atoms with Crippen LogP contribution in [0.15, 0.2) is 23.4 Å². The zero-order chi connectivity index (χ0) is 9.84. The molecule has 0 bridgehead atoms. The van der Waals surface area contributed by atoms with Crippen LogP contribution in [-0.4, -0.2) is 19.5 Å². The van der Waals surface area contributed by atoms with Gasteiger partial charge in [-0.25, -0.2) is 0 Å². The average molecular weight is 180 g/mol. The summed E-state index contributed by atoms with van der Waals surface area (Å²) in [6.07, 6.45) is 4.02. The van der Waals surface area contributed by atoms with E-state index < -0.39 is 0 Å². The number of hydrogen-bond acceptors (Lipinski definition) is 2. The van der Waals surface area contributed by atoms with Gasteiger partial charge in [0.2, 0.25) is 0 Å². The Labute approximate surface area is 78.9 Å². The van der Waals surface area contributed by atoms with Gasteiger partial charge in [-0.2, -0.15) is 0 Å². The normalized spacial score (nSPS) is 16.0. The van der Waals surface area contributed by atoms with Crippen molar-refractivity contribution >= 4 is 5.91 Å². The molecule has 13 heavy (non-hydrogen) atoms. The third kappa shape index (κ3) is 2.34. The zero-order valence-corrected chi connectivity index (χ0v) is 8.35. The van der Waals surface area contributed by atoms with Crippen LogP contribution in [0, 0.1) is 5.92 Å². The fourth-order valence-electron chi connectivity index (χ4n) is 1.24. The maximum atomic E-state index is 11.3. The molecule has 1 aliphatic heterocycles. The maximum Gasteiger partial charge on any atom is 0.267 e. The van der Waals surface area contributed by atoms with Crippen molar-refractivity contribution in [2.75, 3.05) is 13.6 Å². The molecule has 1 aliphatic rings. The molecule has 0 aromatic carbocycles. The van der Waals surface area contributed by atoms with Crippen LogP contribution in [0.3, 0.4) is 0 Å². The third-order valence-corrected chi connectivity index (χ3v) is 2.08. The summed E-state index contributed by atoms with van der Waals surface area (Å²) in [4.78, 5) is 11.3. The van der Waals surface area contributed by atoms with Gasteiger partial charge in [0.25, 0.3) is 5.91 Å². The van der Waals surface area contributed by atoms with Crippen LogP contribution >= 0.6 is 0 Å². The van der Waals surface area contributed by atoms with Gasteiger partial charge < -0.3 is 10.6 Å². The van der Waals surface area contributed by atoms with Crippen molar-refractivity contribution in [1.29, 1.82) is 0 Å². The second-order valence-electron chi connectivity index (χ2n) is 3.38. The molecule has 72 valence electrons. The molecular formula is C10H16N2O. The topological polar surface area (TPSA) is 41.1 Å². The van der Waals surface area contributed by atoms with Crippen LogP contribution in [-0.2, 0) is 4.79 Å². The molecule has 1 heterocycles. The Morgan fingerprint density at radius 3 is 2.85 bits per heavy atom. The molecule has 0 fully saturated rings. The highest BCUT2D eigenvalue weighted by molar-refractivity contribution is 5.93. The smallest absolute Gasteiger partial charge is 0.267 e. The minimum Gasteiger partial charge on any atom is -0.377 e. The number of amides is 1. The maximum absolute atomic E-state index is 11.3. The van der Waals surface area contributed by atoms with E-state index in [-0.39, 0.29) is 5.91 Å². The summed E-state index contributed by atoms with van der Waals surface area (Å²) in [6, 6.07) is 0. The van der Waals surface area contributed by atoms with E-state index in [1.54, 1.807) is 7.05 Å². The van der Waals surface area contributed by atoms with Crippen molar-refractivity contribution < 1.29 is 4.79 Å². The molecule has 1 amide bonds. The fraction of sp³-hybridized carbons (Fsp3) is 0.500. The summed E-state index contributed by atoms with van der Waals surface area (Å²) in [5.41, 5.74) is 1.88. The molecule has 0 unspecified atom stereocenters. The number of likely N-dealkylation sites (N-methyl/N-ethyl adjacent to an activating group) is 1. The van der Waals surface area contributed by atoms with E-state index in [4.69, 9.17) is 0 Å². The number of carbonyl (C=O) groups excluding carboxylic acids is 1. The number of carbonyl (C=O) groups is 1. The third-order valence-electron chi connectivity index (χ3n) is 2.08. The second-order valence-corrected chi connectivity index (χ2v) is 3.38. The molecular weight excluding hydrogens is 164 g/mol. The fourth-order valence-corrected chi connectivity index (χ4v) is 1.24. The number of rotatable bonds is 2. The standard InChI is InChI=1S/C10H16N2O/c1-7(2)8-4-5-12-9(6-8)10(13)11-3/h4,6-7,12H,5H2,1-3H3,(H,11,13). The summed E-state index contributed by atoms with van der Waals surface area (Å²) in [7, 11) is 1.64. The zero-order valence-electron chi connectivity index (χ0n) is 8.35. The SMILES string of the molecule is CNC(=O)C1=CC(C(C)C)=CCN1. The first kappa shape index (κ1) is 9.84. The Balaban J connectivity index is 2.78. The summed E-state index contributed by atoms with van der Waals surface area (Å²) < 4.78 is 0. The molecule has 0 atom stereocenters. The predicted molar refractivity (Wildman–Crippen MR) is 53.1 cm³/mol. The van der Waals surface area contributed by atoms with Gasteiger partial charge >= 0.3 is 0 Å². The summed E-state index contributed by atoms with van der Waals surface area (Å²) >= 11 is 0. The van der Waals surface area contributed by atoms with Gasteiger partial charge in [-0.15, -0.1) is 0 Å². The average Bonchev–Trinajstić information content (AvgIpc) is 2.17. The van der Waals surface area contributed by atoms with E-state index in [1.807, 2.05) is 6.08 Å². The highest BCUT2D eigenvalue weighted by Crippen LogP contribution is 2.15. The van der Waals surface area contributed by atoms with Gasteiger partial charge in [0.1, 0.15) is 5.70 Å². The van der Waals surface area contributed by atoms with Crippen molar-refractivity contribution in [1.82, 2.24) is 10.6 Å². The highest BCUT2D eigenvalue weighted by Gasteiger charge is 2.12. The molecule has 0 aliphatic carbocycles. The van der Waals surface area contributed by atoms with E-state index in [2.05, 4.69) is 30.6 Å². The van der Waals surface area contributed by atoms with Crippen LogP contribution in [0.5, 0.6) is 0 Å². The van der Waals surface area contributed by atoms with Crippen LogP contribution in [0.1, 0.15) is 13.8 Å². The summed E-state index contributed by atoms with van der Waals surface area (Å²) in [5, 5.41) is 5.62. The lowest BCUT2D eigenvalue weighted by molar-refractivity contribution is -0.117. The lowest BCUT2D eigenvalue weighted by atomic mass is 9.99. The Hall–Kier alpha value is -1.25. The van der Waals surface area contributed by atoms with Crippen LogP contribution in [0.4, 0.5) is 0 Å². The van der Waals surface area contributed by atoms with Gasteiger partial charge in [-0.1, -0.05) is 19.9 Å². The number of nitrogens with one attached hydrogen (secondary N) is 2. The first-order valence-electron chi connectivity index (χ1n) is 4.53. The van der Waals surface area contributed by atoms with Gasteiger partial charge in [0, 0.05) is 13.6 Å². The molecule has 1 rings (SSSR count). The minimum atomic E-state index is -0.0498. The molecule has 0 spiro atoms. The van der Waals surface area contributed by atoms with Crippen molar-refractivity contribution in [2.24, 2.45) is 5.92 Å². The Morgan fingerprint density at radius 1 is 1.62 bits per heavy atom. The monoisotopic (exact) mass is 180 g/mol. The molecule has 0 aromatic rings. The number of allylic oxidation sites excluding steroid dienone is 2. The summed E-state index contributed by atoms with van der Waals surface area (Å²) in [6.45, 7) is 4.98. The minimum absolute atomic E-state index is 0.0498. The van der Waals surface area contributed by atoms with E-state index in [9.17, 15) is 4.79 Å². The molecule has 0 saturated carbocycles. The highest BCUT2D eigenvalue weighted by atomic mass is 16.1. The molecule has 3 nitrogen and oxygen atoms in total. The van der Waals surface area contributed by atoms with Crippen molar-refractivity contribution in [2.45, 2.75) is 13.8 Å². The Kier molecular flexibility index (Phi) is 3.12. The Morgan fingerprint density at radius 2 is 2.31 bits per heavy atom. The first-order chi connectivity index (χ1) is 6.15. The molecule has 2 N–H and O–H groups in total.